The molecule has 1 amide bonds. The number of hydrogen-bond donors (Lipinski definition) is 1. The smallest absolute Gasteiger partial charge is 0.273 e. The molecule has 0 bridgehead atoms. The summed E-state index contributed by atoms with van der Waals surface area (Å²) in [5.74, 6) is 0.361. The molecule has 6 heteroatoms. The highest BCUT2D eigenvalue weighted by atomic mass is 16.3. The summed E-state index contributed by atoms with van der Waals surface area (Å²) in [4.78, 5) is 20.8. The molecule has 0 aliphatic rings. The summed E-state index contributed by atoms with van der Waals surface area (Å²) < 4.78 is 5.53. The van der Waals surface area contributed by atoms with Crippen molar-refractivity contribution < 1.29 is 9.21 Å². The molecule has 1 aromatic heterocycles. The van der Waals surface area contributed by atoms with Crippen LogP contribution in [0.25, 0.3) is 0 Å². The van der Waals surface area contributed by atoms with Gasteiger partial charge < -0.3 is 14.6 Å². The number of amides is 1. The number of carbonyl (C=O) groups excluding carboxylic acids is 1. The molecule has 1 heterocycles. The lowest BCUT2D eigenvalue weighted by Crippen LogP contribution is -2.32. The molecule has 0 saturated heterocycles. The van der Waals surface area contributed by atoms with Crippen LogP contribution in [0.4, 0.5) is 0 Å². The van der Waals surface area contributed by atoms with Gasteiger partial charge in [0.2, 0.25) is 5.89 Å². The lowest BCUT2D eigenvalue weighted by Gasteiger charge is -2.25. The molecule has 0 fully saturated rings. The van der Waals surface area contributed by atoms with Gasteiger partial charge in [-0.15, -0.1) is 0 Å². The number of aromatic nitrogens is 1. The van der Waals surface area contributed by atoms with Gasteiger partial charge in [-0.25, -0.2) is 4.98 Å². The van der Waals surface area contributed by atoms with Crippen LogP contribution in [-0.2, 0) is 13.1 Å². The predicted octanol–water partition coefficient (Wildman–Crippen LogP) is 2.69. The van der Waals surface area contributed by atoms with Crippen molar-refractivity contribution in [3.05, 3.63) is 53.2 Å². The van der Waals surface area contributed by atoms with Crippen molar-refractivity contribution >= 4 is 5.91 Å². The summed E-state index contributed by atoms with van der Waals surface area (Å²) in [5.41, 5.74) is 2.83. The molecule has 26 heavy (non-hydrogen) atoms. The maximum absolute atomic E-state index is 12.1. The molecule has 0 unspecified atom stereocenters. The van der Waals surface area contributed by atoms with E-state index < -0.39 is 0 Å². The van der Waals surface area contributed by atoms with Crippen molar-refractivity contribution in [3.63, 3.8) is 0 Å². The van der Waals surface area contributed by atoms with Crippen LogP contribution in [0.2, 0.25) is 0 Å². The Labute approximate surface area is 156 Å². The summed E-state index contributed by atoms with van der Waals surface area (Å²) in [6.07, 6.45) is 1.44. The number of rotatable bonds is 9. The lowest BCUT2D eigenvalue weighted by molar-refractivity contribution is 0.0946. The van der Waals surface area contributed by atoms with Crippen LogP contribution in [0.3, 0.4) is 0 Å². The highest BCUT2D eigenvalue weighted by Gasteiger charge is 2.17. The fraction of sp³-hybridized carbons (Fsp3) is 0.500. The molecular weight excluding hydrogens is 328 g/mol. The molecule has 1 N–H and O–H groups in total. The van der Waals surface area contributed by atoms with Crippen LogP contribution in [0.1, 0.15) is 41.4 Å². The number of oxazole rings is 1. The first kappa shape index (κ1) is 20.1. The van der Waals surface area contributed by atoms with E-state index in [-0.39, 0.29) is 5.91 Å². The van der Waals surface area contributed by atoms with Crippen LogP contribution >= 0.6 is 0 Å². The van der Waals surface area contributed by atoms with E-state index in [2.05, 4.69) is 60.2 Å². The van der Waals surface area contributed by atoms with E-state index in [0.717, 1.165) is 13.1 Å². The quantitative estimate of drug-likeness (QED) is 0.747. The number of nitrogens with one attached hydrogen (secondary N) is 1. The van der Waals surface area contributed by atoms with Gasteiger partial charge in [-0.1, -0.05) is 29.8 Å². The highest BCUT2D eigenvalue weighted by molar-refractivity contribution is 5.91. The van der Waals surface area contributed by atoms with Crippen molar-refractivity contribution in [2.75, 3.05) is 27.2 Å². The van der Waals surface area contributed by atoms with E-state index in [1.165, 1.54) is 17.4 Å². The minimum absolute atomic E-state index is 0.198. The number of carbonyl (C=O) groups is 1. The van der Waals surface area contributed by atoms with Gasteiger partial charge >= 0.3 is 0 Å². The first-order chi connectivity index (χ1) is 12.3. The van der Waals surface area contributed by atoms with E-state index in [1.807, 2.05) is 19.0 Å². The molecule has 2 rings (SSSR count). The van der Waals surface area contributed by atoms with Crippen LogP contribution in [0.5, 0.6) is 0 Å². The van der Waals surface area contributed by atoms with E-state index in [1.54, 1.807) is 0 Å². The molecule has 0 aliphatic carbocycles. The predicted molar refractivity (Wildman–Crippen MR) is 103 cm³/mol. The van der Waals surface area contributed by atoms with Crippen LogP contribution in [-0.4, -0.2) is 53.9 Å². The van der Waals surface area contributed by atoms with Gasteiger partial charge in [0.15, 0.2) is 5.69 Å². The molecule has 0 radical (unpaired) electrons. The average Bonchev–Trinajstić information content (AvgIpc) is 3.04. The van der Waals surface area contributed by atoms with Gasteiger partial charge in [-0.3, -0.25) is 9.69 Å². The molecular formula is C20H30N4O2. The SMILES string of the molecule is Cc1ccc(CN(Cc2nc(C(=O)NCCN(C)C)co2)C(C)C)cc1. The third-order valence-corrected chi connectivity index (χ3v) is 4.20. The Morgan fingerprint density at radius 1 is 1.19 bits per heavy atom. The first-order valence-corrected chi connectivity index (χ1v) is 9.02. The van der Waals surface area contributed by atoms with E-state index in [9.17, 15) is 4.79 Å². The molecule has 1 aromatic carbocycles. The molecule has 0 atom stereocenters. The van der Waals surface area contributed by atoms with E-state index in [0.29, 0.717) is 30.7 Å². The number of benzene rings is 1. The second-order valence-corrected chi connectivity index (χ2v) is 7.17. The van der Waals surface area contributed by atoms with Crippen molar-refractivity contribution in [1.82, 2.24) is 20.1 Å². The third-order valence-electron chi connectivity index (χ3n) is 4.20. The highest BCUT2D eigenvalue weighted by Crippen LogP contribution is 2.14. The molecule has 6 nitrogen and oxygen atoms in total. The summed E-state index contributed by atoms with van der Waals surface area (Å²) >= 11 is 0. The van der Waals surface area contributed by atoms with Gasteiger partial charge in [0.05, 0.1) is 6.54 Å². The lowest BCUT2D eigenvalue weighted by atomic mass is 10.1. The Morgan fingerprint density at radius 3 is 2.50 bits per heavy atom. The van der Waals surface area contributed by atoms with Crippen molar-refractivity contribution in [2.45, 2.75) is 39.9 Å². The minimum Gasteiger partial charge on any atom is -0.447 e. The molecule has 0 aliphatic heterocycles. The Hall–Kier alpha value is -2.18. The maximum Gasteiger partial charge on any atom is 0.273 e. The zero-order valence-corrected chi connectivity index (χ0v) is 16.5. The van der Waals surface area contributed by atoms with Gasteiger partial charge in [-0.05, 0) is 40.4 Å². The van der Waals surface area contributed by atoms with Crippen LogP contribution in [0, 0.1) is 6.92 Å². The zero-order valence-electron chi connectivity index (χ0n) is 16.5. The Balaban J connectivity index is 1.95. The molecule has 2 aromatic rings. The summed E-state index contributed by atoms with van der Waals surface area (Å²) in [7, 11) is 3.93. The minimum atomic E-state index is -0.198. The molecule has 142 valence electrons. The average molecular weight is 358 g/mol. The van der Waals surface area contributed by atoms with Crippen LogP contribution in [0.15, 0.2) is 34.9 Å². The van der Waals surface area contributed by atoms with Gasteiger partial charge in [0.1, 0.15) is 6.26 Å². The van der Waals surface area contributed by atoms with Gasteiger partial charge in [0.25, 0.3) is 5.91 Å². The van der Waals surface area contributed by atoms with Crippen molar-refractivity contribution in [1.29, 1.82) is 0 Å². The standard InChI is InChI=1S/C20H30N4O2/c1-15(2)24(12-17-8-6-16(3)7-9-17)13-19-22-18(14-26-19)20(25)21-10-11-23(4)5/h6-9,14-15H,10-13H2,1-5H3,(H,21,25). The van der Waals surface area contributed by atoms with Crippen LogP contribution < -0.4 is 5.32 Å². The summed E-state index contributed by atoms with van der Waals surface area (Å²) in [6, 6.07) is 8.86. The largest absolute Gasteiger partial charge is 0.447 e. The third kappa shape index (κ3) is 6.28. The number of nitrogens with zero attached hydrogens (tertiary/aromatic N) is 3. The number of aryl methyl sites for hydroxylation is 1. The zero-order chi connectivity index (χ0) is 19.1. The van der Waals surface area contributed by atoms with Crippen molar-refractivity contribution in [3.8, 4) is 0 Å². The normalized spacial score (nSPS) is 11.5. The van der Waals surface area contributed by atoms with Gasteiger partial charge in [0, 0.05) is 25.7 Å². The van der Waals surface area contributed by atoms with E-state index >= 15 is 0 Å². The Bertz CT molecular complexity index is 692. The second kappa shape index (κ2) is 9.50. The Kier molecular flexibility index (Phi) is 7.36. The molecule has 0 spiro atoms. The Morgan fingerprint density at radius 2 is 1.88 bits per heavy atom. The fourth-order valence-electron chi connectivity index (χ4n) is 2.49. The van der Waals surface area contributed by atoms with Crippen molar-refractivity contribution in [2.24, 2.45) is 0 Å². The monoisotopic (exact) mass is 358 g/mol. The number of hydrogen-bond acceptors (Lipinski definition) is 5. The topological polar surface area (TPSA) is 61.6 Å². The van der Waals surface area contributed by atoms with E-state index in [4.69, 9.17) is 4.42 Å². The summed E-state index contributed by atoms with van der Waals surface area (Å²) in [6.45, 7) is 9.12. The second-order valence-electron chi connectivity index (χ2n) is 7.17. The molecule has 0 saturated carbocycles. The summed E-state index contributed by atoms with van der Waals surface area (Å²) in [5, 5.41) is 2.85. The van der Waals surface area contributed by atoms with Gasteiger partial charge in [-0.2, -0.15) is 0 Å². The number of likely N-dealkylation sites (N-methyl/N-ethyl adjacent to an activating group) is 1. The fourth-order valence-corrected chi connectivity index (χ4v) is 2.49. The maximum atomic E-state index is 12.1. The first-order valence-electron chi connectivity index (χ1n) is 9.02.